The molecule has 29 heavy (non-hydrogen) atoms. The second-order valence-corrected chi connectivity index (χ2v) is 8.54. The molecular weight excluding hydrogens is 388 g/mol. The first-order chi connectivity index (χ1) is 14.1. The van der Waals surface area contributed by atoms with Gasteiger partial charge in [0, 0.05) is 10.4 Å². The molecule has 1 aliphatic rings. The summed E-state index contributed by atoms with van der Waals surface area (Å²) in [6, 6.07) is 7.45. The predicted molar refractivity (Wildman–Crippen MR) is 110 cm³/mol. The van der Waals surface area contributed by atoms with Gasteiger partial charge in [0.15, 0.2) is 0 Å². The van der Waals surface area contributed by atoms with Crippen molar-refractivity contribution < 1.29 is 9.26 Å². The molecule has 0 saturated carbocycles. The molecule has 7 nitrogen and oxygen atoms in total. The summed E-state index contributed by atoms with van der Waals surface area (Å²) in [7, 11) is 1.61. The Morgan fingerprint density at radius 3 is 3.14 bits per heavy atom. The molecule has 1 atom stereocenters. The van der Waals surface area contributed by atoms with E-state index in [-0.39, 0.29) is 12.1 Å². The van der Waals surface area contributed by atoms with Gasteiger partial charge in [-0.25, -0.2) is 4.98 Å². The number of hydrogen-bond acceptors (Lipinski definition) is 7. The van der Waals surface area contributed by atoms with Gasteiger partial charge in [-0.3, -0.25) is 9.36 Å². The lowest BCUT2D eigenvalue weighted by Crippen LogP contribution is -2.22. The zero-order valence-electron chi connectivity index (χ0n) is 16.2. The molecule has 3 aromatic heterocycles. The second kappa shape index (κ2) is 7.11. The summed E-state index contributed by atoms with van der Waals surface area (Å²) in [6.07, 6.45) is 4.66. The smallest absolute Gasteiger partial charge is 0.262 e. The Morgan fingerprint density at radius 2 is 2.28 bits per heavy atom. The molecule has 3 heterocycles. The van der Waals surface area contributed by atoms with Crippen molar-refractivity contribution in [2.24, 2.45) is 5.92 Å². The van der Waals surface area contributed by atoms with Crippen molar-refractivity contribution >= 4 is 21.6 Å². The van der Waals surface area contributed by atoms with Crippen molar-refractivity contribution in [1.29, 1.82) is 0 Å². The summed E-state index contributed by atoms with van der Waals surface area (Å²) < 4.78 is 12.2. The molecule has 5 rings (SSSR count). The van der Waals surface area contributed by atoms with E-state index in [0.29, 0.717) is 17.6 Å². The summed E-state index contributed by atoms with van der Waals surface area (Å²) in [6.45, 7) is 2.45. The lowest BCUT2D eigenvalue weighted by atomic mass is 9.89. The maximum absolute atomic E-state index is 13.1. The van der Waals surface area contributed by atoms with Crippen LogP contribution in [-0.2, 0) is 19.4 Å². The molecule has 1 aromatic carbocycles. The molecule has 0 N–H and O–H groups in total. The van der Waals surface area contributed by atoms with Crippen LogP contribution in [0.25, 0.3) is 21.6 Å². The fraction of sp³-hybridized carbons (Fsp3) is 0.333. The highest BCUT2D eigenvalue weighted by Gasteiger charge is 2.23. The Morgan fingerprint density at radius 1 is 1.38 bits per heavy atom. The van der Waals surface area contributed by atoms with Gasteiger partial charge >= 0.3 is 0 Å². The van der Waals surface area contributed by atoms with Gasteiger partial charge in [-0.1, -0.05) is 24.2 Å². The van der Waals surface area contributed by atoms with E-state index in [9.17, 15) is 4.79 Å². The molecule has 0 saturated heterocycles. The van der Waals surface area contributed by atoms with Crippen LogP contribution in [0.3, 0.4) is 0 Å². The fourth-order valence-corrected chi connectivity index (χ4v) is 5.16. The summed E-state index contributed by atoms with van der Waals surface area (Å²) in [5, 5.41) is 4.80. The third-order valence-corrected chi connectivity index (χ3v) is 6.55. The summed E-state index contributed by atoms with van der Waals surface area (Å²) in [5.41, 5.74) is 1.93. The topological polar surface area (TPSA) is 83.0 Å². The number of methoxy groups -OCH3 is 1. The minimum Gasteiger partial charge on any atom is -0.497 e. The molecule has 8 heteroatoms. The van der Waals surface area contributed by atoms with Crippen molar-refractivity contribution in [3.8, 4) is 17.1 Å². The van der Waals surface area contributed by atoms with Crippen LogP contribution in [0, 0.1) is 5.92 Å². The Hall–Kier alpha value is -3.00. The standard InChI is InChI=1S/C21H20N4O3S/c1-12-6-7-15-16(8-12)29-20-18(15)21(26)25(11-22-20)10-17-23-19(24-28-17)13-4-3-5-14(9-13)27-2/h3-5,9,11-12H,6-8,10H2,1-2H3/t12-/m0/s1. The molecule has 0 amide bonds. The molecule has 4 aromatic rings. The first-order valence-corrected chi connectivity index (χ1v) is 10.4. The van der Waals surface area contributed by atoms with Crippen LogP contribution in [0.15, 0.2) is 39.9 Å². The molecular formula is C21H20N4O3S. The van der Waals surface area contributed by atoms with Gasteiger partial charge in [0.05, 0.1) is 18.8 Å². The number of aryl methyl sites for hydroxylation is 1. The highest BCUT2D eigenvalue weighted by molar-refractivity contribution is 7.18. The molecule has 0 fully saturated rings. The monoisotopic (exact) mass is 408 g/mol. The van der Waals surface area contributed by atoms with E-state index in [2.05, 4.69) is 22.0 Å². The maximum Gasteiger partial charge on any atom is 0.262 e. The third-order valence-electron chi connectivity index (χ3n) is 5.38. The first kappa shape index (κ1) is 18.1. The zero-order chi connectivity index (χ0) is 20.0. The van der Waals surface area contributed by atoms with Gasteiger partial charge in [-0.15, -0.1) is 11.3 Å². The SMILES string of the molecule is COc1cccc(-c2noc(Cn3cnc4sc5c(c4c3=O)CC[C@H](C)C5)n2)c1. The Labute approximate surface area is 171 Å². The zero-order valence-corrected chi connectivity index (χ0v) is 17.0. The van der Waals surface area contributed by atoms with E-state index < -0.39 is 0 Å². The van der Waals surface area contributed by atoms with Gasteiger partial charge in [0.2, 0.25) is 11.7 Å². The van der Waals surface area contributed by atoms with Crippen LogP contribution in [0.2, 0.25) is 0 Å². The number of rotatable bonds is 4. The molecule has 1 aliphatic carbocycles. The number of nitrogens with zero attached hydrogens (tertiary/aromatic N) is 4. The lowest BCUT2D eigenvalue weighted by molar-refractivity contribution is 0.369. The van der Waals surface area contributed by atoms with Crippen LogP contribution >= 0.6 is 11.3 Å². The minimum absolute atomic E-state index is 0.0387. The van der Waals surface area contributed by atoms with Gasteiger partial charge in [-0.05, 0) is 42.9 Å². The average molecular weight is 408 g/mol. The molecule has 148 valence electrons. The summed E-state index contributed by atoms with van der Waals surface area (Å²) in [5.74, 6) is 2.20. The highest BCUT2D eigenvalue weighted by Crippen LogP contribution is 2.35. The molecule has 0 spiro atoms. The normalized spacial score (nSPS) is 16.1. The maximum atomic E-state index is 13.1. The van der Waals surface area contributed by atoms with Crippen molar-refractivity contribution in [3.05, 3.63) is 57.3 Å². The Bertz CT molecular complexity index is 1260. The van der Waals surface area contributed by atoms with E-state index >= 15 is 0 Å². The number of thiophene rings is 1. The second-order valence-electron chi connectivity index (χ2n) is 7.45. The molecule has 0 bridgehead atoms. The van der Waals surface area contributed by atoms with Crippen LogP contribution in [0.5, 0.6) is 5.75 Å². The van der Waals surface area contributed by atoms with E-state index in [0.717, 1.165) is 40.8 Å². The Kier molecular flexibility index (Phi) is 4.43. The van der Waals surface area contributed by atoms with Crippen LogP contribution in [-0.4, -0.2) is 26.8 Å². The van der Waals surface area contributed by atoms with Crippen molar-refractivity contribution in [2.45, 2.75) is 32.7 Å². The molecule has 0 unspecified atom stereocenters. The summed E-state index contributed by atoms with van der Waals surface area (Å²) >= 11 is 1.65. The van der Waals surface area contributed by atoms with Gasteiger partial charge in [-0.2, -0.15) is 4.98 Å². The van der Waals surface area contributed by atoms with Crippen molar-refractivity contribution in [2.75, 3.05) is 7.11 Å². The number of ether oxygens (including phenoxy) is 1. The largest absolute Gasteiger partial charge is 0.497 e. The lowest BCUT2D eigenvalue weighted by Gasteiger charge is -2.17. The predicted octanol–water partition coefficient (Wildman–Crippen LogP) is 3.69. The first-order valence-electron chi connectivity index (χ1n) is 9.59. The van der Waals surface area contributed by atoms with Gasteiger partial charge < -0.3 is 9.26 Å². The van der Waals surface area contributed by atoms with Crippen LogP contribution in [0.1, 0.15) is 29.7 Å². The number of hydrogen-bond donors (Lipinski definition) is 0. The number of benzene rings is 1. The van der Waals surface area contributed by atoms with E-state index in [1.165, 1.54) is 10.4 Å². The van der Waals surface area contributed by atoms with Gasteiger partial charge in [0.1, 0.15) is 17.1 Å². The Balaban J connectivity index is 1.47. The number of fused-ring (bicyclic) bond motifs is 3. The molecule has 0 aliphatic heterocycles. The van der Waals surface area contributed by atoms with E-state index in [1.807, 2.05) is 24.3 Å². The van der Waals surface area contributed by atoms with Crippen LogP contribution < -0.4 is 10.3 Å². The highest BCUT2D eigenvalue weighted by atomic mass is 32.1. The minimum atomic E-state index is -0.0387. The van der Waals surface area contributed by atoms with Crippen molar-refractivity contribution in [1.82, 2.24) is 19.7 Å². The van der Waals surface area contributed by atoms with Crippen LogP contribution in [0.4, 0.5) is 0 Å². The van der Waals surface area contributed by atoms with Crippen molar-refractivity contribution in [3.63, 3.8) is 0 Å². The van der Waals surface area contributed by atoms with E-state index in [1.54, 1.807) is 29.3 Å². The fourth-order valence-electron chi connectivity index (χ4n) is 3.82. The average Bonchev–Trinajstić information content (AvgIpc) is 3.34. The quantitative estimate of drug-likeness (QED) is 0.512. The van der Waals surface area contributed by atoms with E-state index in [4.69, 9.17) is 9.26 Å². The third kappa shape index (κ3) is 3.23. The molecule has 0 radical (unpaired) electrons. The summed E-state index contributed by atoms with van der Waals surface area (Å²) in [4.78, 5) is 24.2. The van der Waals surface area contributed by atoms with Gasteiger partial charge in [0.25, 0.3) is 5.56 Å². The number of aromatic nitrogens is 4.